The minimum absolute atomic E-state index is 0.0303. The molecule has 1 fully saturated rings. The van der Waals surface area contributed by atoms with Crippen LogP contribution in [0.25, 0.3) is 0 Å². The molecule has 0 saturated carbocycles. The smallest absolute Gasteiger partial charge is 0.215 e. The lowest BCUT2D eigenvalue weighted by atomic mass is 10.1. The Morgan fingerprint density at radius 1 is 0.926 bits per heavy atom. The summed E-state index contributed by atoms with van der Waals surface area (Å²) in [5.41, 5.74) is 4.34. The first-order chi connectivity index (χ1) is 13.0. The third-order valence-electron chi connectivity index (χ3n) is 5.08. The van der Waals surface area contributed by atoms with Crippen LogP contribution >= 0.6 is 0 Å². The molecular formula is C22H30N2O2S. The van der Waals surface area contributed by atoms with Crippen LogP contribution in [0.2, 0.25) is 0 Å². The number of nitrogens with one attached hydrogen (secondary N) is 1. The first-order valence-electron chi connectivity index (χ1n) is 9.89. The first kappa shape index (κ1) is 19.9. The van der Waals surface area contributed by atoms with E-state index in [1.54, 1.807) is 0 Å². The van der Waals surface area contributed by atoms with Gasteiger partial charge in [0.15, 0.2) is 0 Å². The van der Waals surface area contributed by atoms with E-state index in [2.05, 4.69) is 33.9 Å². The molecule has 27 heavy (non-hydrogen) atoms. The number of nitrogens with zero attached hydrogens (tertiary/aromatic N) is 1. The minimum Gasteiger partial charge on any atom is -0.372 e. The van der Waals surface area contributed by atoms with E-state index in [0.29, 0.717) is 13.0 Å². The van der Waals surface area contributed by atoms with Crippen molar-refractivity contribution in [2.24, 2.45) is 0 Å². The Bertz CT molecular complexity index is 824. The molecule has 5 heteroatoms. The summed E-state index contributed by atoms with van der Waals surface area (Å²) in [7, 11) is -3.31. The van der Waals surface area contributed by atoms with Gasteiger partial charge in [-0.1, -0.05) is 54.8 Å². The summed E-state index contributed by atoms with van der Waals surface area (Å²) in [6, 6.07) is 16.2. The summed E-state index contributed by atoms with van der Waals surface area (Å²) < 4.78 is 27.3. The predicted octanol–water partition coefficient (Wildman–Crippen LogP) is 4.04. The van der Waals surface area contributed by atoms with Crippen LogP contribution in [-0.4, -0.2) is 28.1 Å². The van der Waals surface area contributed by atoms with Gasteiger partial charge in [-0.15, -0.1) is 0 Å². The maximum Gasteiger partial charge on any atom is 0.215 e. The van der Waals surface area contributed by atoms with E-state index < -0.39 is 10.0 Å². The van der Waals surface area contributed by atoms with E-state index in [0.717, 1.165) is 29.8 Å². The molecule has 0 aromatic heterocycles. The molecule has 4 nitrogen and oxygen atoms in total. The third-order valence-corrected chi connectivity index (χ3v) is 6.44. The lowest BCUT2D eigenvalue weighted by Gasteiger charge is -2.22. The Labute approximate surface area is 163 Å². The lowest BCUT2D eigenvalue weighted by molar-refractivity contribution is 0.581. The molecule has 0 bridgehead atoms. The van der Waals surface area contributed by atoms with Crippen molar-refractivity contribution in [3.63, 3.8) is 0 Å². The summed E-state index contributed by atoms with van der Waals surface area (Å²) in [6.45, 7) is 4.67. The summed E-state index contributed by atoms with van der Waals surface area (Å²) >= 11 is 0. The molecular weight excluding hydrogens is 356 g/mol. The number of hydrogen-bond acceptors (Lipinski definition) is 3. The van der Waals surface area contributed by atoms with Crippen LogP contribution in [0.3, 0.4) is 0 Å². The van der Waals surface area contributed by atoms with Gasteiger partial charge in [0.05, 0.1) is 5.75 Å². The van der Waals surface area contributed by atoms with Gasteiger partial charge in [-0.2, -0.15) is 0 Å². The second-order valence-electron chi connectivity index (χ2n) is 7.46. The Morgan fingerprint density at radius 2 is 1.63 bits per heavy atom. The van der Waals surface area contributed by atoms with E-state index in [4.69, 9.17) is 0 Å². The number of anilines is 1. The zero-order valence-electron chi connectivity index (χ0n) is 16.2. The second-order valence-corrected chi connectivity index (χ2v) is 9.27. The molecule has 146 valence electrons. The van der Waals surface area contributed by atoms with Crippen LogP contribution in [0.15, 0.2) is 48.5 Å². The molecule has 1 aliphatic heterocycles. The van der Waals surface area contributed by atoms with Crippen LogP contribution in [0.4, 0.5) is 5.69 Å². The second kappa shape index (κ2) is 9.38. The Kier molecular flexibility index (Phi) is 6.91. The van der Waals surface area contributed by atoms with Gasteiger partial charge in [-0.25, -0.2) is 13.1 Å². The molecule has 0 amide bonds. The van der Waals surface area contributed by atoms with Crippen molar-refractivity contribution >= 4 is 15.7 Å². The Hall–Kier alpha value is -1.85. The van der Waals surface area contributed by atoms with Gasteiger partial charge < -0.3 is 4.90 Å². The molecule has 0 atom stereocenters. The van der Waals surface area contributed by atoms with Gasteiger partial charge in [-0.05, 0) is 49.4 Å². The monoisotopic (exact) mass is 386 g/mol. The zero-order chi connectivity index (χ0) is 19.1. The number of rotatable bonds is 7. The van der Waals surface area contributed by atoms with Gasteiger partial charge in [0.1, 0.15) is 0 Å². The predicted molar refractivity (Wildman–Crippen MR) is 113 cm³/mol. The van der Waals surface area contributed by atoms with E-state index in [1.165, 1.54) is 31.4 Å². The Morgan fingerprint density at radius 3 is 2.30 bits per heavy atom. The fourth-order valence-electron chi connectivity index (χ4n) is 3.63. The molecule has 1 aliphatic rings. The van der Waals surface area contributed by atoms with Crippen LogP contribution < -0.4 is 9.62 Å². The van der Waals surface area contributed by atoms with Crippen molar-refractivity contribution in [1.82, 2.24) is 4.72 Å². The number of sulfonamides is 1. The van der Waals surface area contributed by atoms with Gasteiger partial charge in [-0.3, -0.25) is 0 Å². The van der Waals surface area contributed by atoms with Crippen molar-refractivity contribution < 1.29 is 8.42 Å². The highest BCUT2D eigenvalue weighted by molar-refractivity contribution is 7.88. The standard InChI is InChI=1S/C22H30N2O2S/c1-19-7-6-8-21(17-19)18-27(25,26)23-14-13-20-9-11-22(12-10-20)24-15-4-2-3-5-16-24/h6-12,17,23H,2-5,13-16,18H2,1H3. The van der Waals surface area contributed by atoms with Gasteiger partial charge in [0.25, 0.3) is 0 Å². The molecule has 0 radical (unpaired) electrons. The van der Waals surface area contributed by atoms with E-state index in [-0.39, 0.29) is 5.75 Å². The van der Waals surface area contributed by atoms with E-state index in [1.807, 2.05) is 31.2 Å². The van der Waals surface area contributed by atoms with Crippen LogP contribution in [0.1, 0.15) is 42.4 Å². The molecule has 2 aromatic rings. The molecule has 0 spiro atoms. The molecule has 3 rings (SSSR count). The molecule has 0 unspecified atom stereocenters. The largest absolute Gasteiger partial charge is 0.372 e. The average molecular weight is 387 g/mol. The van der Waals surface area contributed by atoms with E-state index in [9.17, 15) is 8.42 Å². The highest BCUT2D eigenvalue weighted by atomic mass is 32.2. The SMILES string of the molecule is Cc1cccc(CS(=O)(=O)NCCc2ccc(N3CCCCCC3)cc2)c1. The van der Waals surface area contributed by atoms with E-state index >= 15 is 0 Å². The number of hydrogen-bond donors (Lipinski definition) is 1. The molecule has 2 aromatic carbocycles. The van der Waals surface area contributed by atoms with Crippen molar-refractivity contribution in [3.05, 3.63) is 65.2 Å². The van der Waals surface area contributed by atoms with Gasteiger partial charge in [0.2, 0.25) is 10.0 Å². The van der Waals surface area contributed by atoms with Crippen molar-refractivity contribution in [2.75, 3.05) is 24.5 Å². The highest BCUT2D eigenvalue weighted by Crippen LogP contribution is 2.20. The summed E-state index contributed by atoms with van der Waals surface area (Å²) in [4.78, 5) is 2.46. The number of aryl methyl sites for hydroxylation is 1. The fraction of sp³-hybridized carbons (Fsp3) is 0.455. The van der Waals surface area contributed by atoms with Crippen LogP contribution in [-0.2, 0) is 22.2 Å². The molecule has 1 saturated heterocycles. The minimum atomic E-state index is -3.31. The number of benzene rings is 2. The summed E-state index contributed by atoms with van der Waals surface area (Å²) in [5.74, 6) is 0.0303. The van der Waals surface area contributed by atoms with Crippen LogP contribution in [0.5, 0.6) is 0 Å². The fourth-order valence-corrected chi connectivity index (χ4v) is 4.76. The first-order valence-corrected chi connectivity index (χ1v) is 11.5. The summed E-state index contributed by atoms with van der Waals surface area (Å²) in [6.07, 6.45) is 5.90. The quantitative estimate of drug-likeness (QED) is 0.781. The zero-order valence-corrected chi connectivity index (χ0v) is 17.0. The maximum atomic E-state index is 12.3. The van der Waals surface area contributed by atoms with Crippen LogP contribution in [0, 0.1) is 6.92 Å². The van der Waals surface area contributed by atoms with Gasteiger partial charge >= 0.3 is 0 Å². The Balaban J connectivity index is 1.49. The average Bonchev–Trinajstić information content (AvgIpc) is 2.91. The lowest BCUT2D eigenvalue weighted by Crippen LogP contribution is -2.27. The summed E-state index contributed by atoms with van der Waals surface area (Å²) in [5, 5.41) is 0. The van der Waals surface area contributed by atoms with Gasteiger partial charge in [0, 0.05) is 25.3 Å². The normalized spacial score (nSPS) is 15.5. The maximum absolute atomic E-state index is 12.3. The van der Waals surface area contributed by atoms with Crippen molar-refractivity contribution in [3.8, 4) is 0 Å². The molecule has 1 heterocycles. The van der Waals surface area contributed by atoms with Crippen molar-refractivity contribution in [2.45, 2.75) is 44.8 Å². The van der Waals surface area contributed by atoms with Crippen molar-refractivity contribution in [1.29, 1.82) is 0 Å². The third kappa shape index (κ3) is 6.36. The topological polar surface area (TPSA) is 49.4 Å². The molecule has 0 aliphatic carbocycles. The molecule has 1 N–H and O–H groups in total. The highest BCUT2D eigenvalue weighted by Gasteiger charge is 2.12.